The van der Waals surface area contributed by atoms with Crippen molar-refractivity contribution in [1.29, 1.82) is 0 Å². The Bertz CT molecular complexity index is 1160. The lowest BCUT2D eigenvalue weighted by Gasteiger charge is -2.25. The summed E-state index contributed by atoms with van der Waals surface area (Å²) in [5.74, 6) is -1.01. The van der Waals surface area contributed by atoms with Crippen LogP contribution in [0.3, 0.4) is 0 Å². The molecule has 2 aromatic rings. The van der Waals surface area contributed by atoms with Crippen LogP contribution < -0.4 is 15.1 Å². The van der Waals surface area contributed by atoms with E-state index in [1.807, 2.05) is 4.90 Å². The van der Waals surface area contributed by atoms with Crippen LogP contribution >= 0.6 is 11.3 Å². The molecule has 11 nitrogen and oxygen atoms in total. The molecule has 0 spiro atoms. The molecule has 35 heavy (non-hydrogen) atoms. The molecular formula is C22H24FN5O6S. The van der Waals surface area contributed by atoms with E-state index < -0.39 is 22.9 Å². The molecule has 1 atom stereocenters. The van der Waals surface area contributed by atoms with Crippen LogP contribution in [0.25, 0.3) is 0 Å². The van der Waals surface area contributed by atoms with Gasteiger partial charge in [-0.05, 0) is 30.7 Å². The molecule has 2 aliphatic heterocycles. The molecule has 0 bridgehead atoms. The Balaban J connectivity index is 1.40. The lowest BCUT2D eigenvalue weighted by molar-refractivity contribution is -0.380. The number of carbonyl (C=O) groups excluding carboxylic acids is 3. The molecular weight excluding hydrogens is 481 g/mol. The largest absolute Gasteiger partial charge is 0.442 e. The van der Waals surface area contributed by atoms with Crippen molar-refractivity contribution < 1.29 is 28.4 Å². The molecule has 2 fully saturated rings. The van der Waals surface area contributed by atoms with Crippen LogP contribution in [-0.2, 0) is 9.53 Å². The number of nitrogens with zero attached hydrogens (tertiary/aromatic N) is 4. The zero-order valence-corrected chi connectivity index (χ0v) is 19.8. The number of nitro groups is 1. The Morgan fingerprint density at radius 3 is 2.71 bits per heavy atom. The first kappa shape index (κ1) is 24.4. The van der Waals surface area contributed by atoms with Crippen molar-refractivity contribution in [1.82, 2.24) is 10.2 Å². The zero-order chi connectivity index (χ0) is 25.1. The molecule has 0 unspecified atom stereocenters. The van der Waals surface area contributed by atoms with Gasteiger partial charge in [0.1, 0.15) is 11.9 Å². The topological polar surface area (TPSA) is 125 Å². The lowest BCUT2D eigenvalue weighted by Crippen LogP contribution is -2.35. The van der Waals surface area contributed by atoms with Gasteiger partial charge in [0.25, 0.3) is 5.91 Å². The van der Waals surface area contributed by atoms with E-state index in [1.54, 1.807) is 17.0 Å². The number of nitrogens with one attached hydrogen (secondary N) is 1. The van der Waals surface area contributed by atoms with Crippen molar-refractivity contribution in [3.8, 4) is 0 Å². The van der Waals surface area contributed by atoms with Crippen LogP contribution in [-0.4, -0.2) is 73.1 Å². The second-order valence-electron chi connectivity index (χ2n) is 8.22. The van der Waals surface area contributed by atoms with Crippen molar-refractivity contribution in [2.75, 3.05) is 49.1 Å². The van der Waals surface area contributed by atoms with E-state index in [1.165, 1.54) is 30.0 Å². The Labute approximate surface area is 204 Å². The minimum atomic E-state index is -0.606. The number of benzene rings is 1. The Kier molecular flexibility index (Phi) is 7.15. The maximum absolute atomic E-state index is 15.1. The SMILES string of the molecule is CC(=O)NC[C@H]1CN(c2ccc(N3CCCN(C(=O)c4ccc([N+](=O)[O-])s4)CC3)c(F)c2)C(=O)O1. The van der Waals surface area contributed by atoms with Gasteiger partial charge in [0.2, 0.25) is 5.91 Å². The number of ether oxygens (including phenoxy) is 1. The number of cyclic esters (lactones) is 1. The fourth-order valence-electron chi connectivity index (χ4n) is 4.07. The third kappa shape index (κ3) is 5.50. The highest BCUT2D eigenvalue weighted by Gasteiger charge is 2.33. The van der Waals surface area contributed by atoms with Gasteiger partial charge in [-0.15, -0.1) is 0 Å². The Hall–Kier alpha value is -3.74. The van der Waals surface area contributed by atoms with Gasteiger partial charge in [-0.3, -0.25) is 24.6 Å². The van der Waals surface area contributed by atoms with Crippen LogP contribution in [0.1, 0.15) is 23.0 Å². The second-order valence-corrected chi connectivity index (χ2v) is 9.28. The summed E-state index contributed by atoms with van der Waals surface area (Å²) in [6.45, 7) is 3.45. The van der Waals surface area contributed by atoms with Crippen LogP contribution in [0.5, 0.6) is 0 Å². The highest BCUT2D eigenvalue weighted by atomic mass is 32.1. The molecule has 1 aromatic carbocycles. The summed E-state index contributed by atoms with van der Waals surface area (Å²) in [5.41, 5.74) is 0.713. The molecule has 3 heterocycles. The quantitative estimate of drug-likeness (QED) is 0.473. The predicted molar refractivity (Wildman–Crippen MR) is 126 cm³/mol. The van der Waals surface area contributed by atoms with Crippen LogP contribution in [0.4, 0.5) is 25.6 Å². The van der Waals surface area contributed by atoms with Gasteiger partial charge in [0.05, 0.1) is 34.3 Å². The van der Waals surface area contributed by atoms with Crippen LogP contribution in [0, 0.1) is 15.9 Å². The minimum Gasteiger partial charge on any atom is -0.442 e. The molecule has 13 heteroatoms. The first-order valence-electron chi connectivity index (χ1n) is 11.0. The summed E-state index contributed by atoms with van der Waals surface area (Å²) in [5, 5.41) is 13.4. The van der Waals surface area contributed by atoms with Crippen molar-refractivity contribution in [3.63, 3.8) is 0 Å². The number of amides is 3. The number of anilines is 2. The Morgan fingerprint density at radius 1 is 1.23 bits per heavy atom. The van der Waals surface area contributed by atoms with E-state index >= 15 is 4.39 Å². The highest BCUT2D eigenvalue weighted by Crippen LogP contribution is 2.29. The van der Waals surface area contributed by atoms with Gasteiger partial charge >= 0.3 is 11.1 Å². The molecule has 1 N–H and O–H groups in total. The monoisotopic (exact) mass is 505 g/mol. The molecule has 2 saturated heterocycles. The minimum absolute atomic E-state index is 0.0877. The summed E-state index contributed by atoms with van der Waals surface area (Å²) in [6.07, 6.45) is -0.526. The molecule has 0 aliphatic carbocycles. The average molecular weight is 506 g/mol. The summed E-state index contributed by atoms with van der Waals surface area (Å²) in [6, 6.07) is 7.28. The van der Waals surface area contributed by atoms with Crippen LogP contribution in [0.2, 0.25) is 0 Å². The van der Waals surface area contributed by atoms with Gasteiger partial charge in [-0.2, -0.15) is 0 Å². The molecule has 2 aliphatic rings. The maximum Gasteiger partial charge on any atom is 0.414 e. The molecule has 0 saturated carbocycles. The Morgan fingerprint density at radius 2 is 2.03 bits per heavy atom. The summed E-state index contributed by atoms with van der Waals surface area (Å²) < 4.78 is 20.3. The highest BCUT2D eigenvalue weighted by molar-refractivity contribution is 7.17. The predicted octanol–water partition coefficient (Wildman–Crippen LogP) is 2.61. The fraction of sp³-hybridized carbons (Fsp3) is 0.409. The molecule has 0 radical (unpaired) electrons. The van der Waals surface area contributed by atoms with Gasteiger partial charge in [-0.1, -0.05) is 11.3 Å². The van der Waals surface area contributed by atoms with E-state index in [0.29, 0.717) is 48.9 Å². The summed E-state index contributed by atoms with van der Waals surface area (Å²) in [4.78, 5) is 51.5. The number of thiophene rings is 1. The van der Waals surface area contributed by atoms with Gasteiger partial charge in [-0.25, -0.2) is 9.18 Å². The lowest BCUT2D eigenvalue weighted by atomic mass is 10.2. The number of halogens is 1. The molecule has 186 valence electrons. The van der Waals surface area contributed by atoms with E-state index in [0.717, 1.165) is 11.3 Å². The van der Waals surface area contributed by atoms with Crippen molar-refractivity contribution >= 4 is 45.6 Å². The fourth-order valence-corrected chi connectivity index (χ4v) is 4.86. The summed E-state index contributed by atoms with van der Waals surface area (Å²) >= 11 is 0.841. The first-order valence-corrected chi connectivity index (χ1v) is 11.8. The van der Waals surface area contributed by atoms with Gasteiger partial charge in [0.15, 0.2) is 0 Å². The standard InChI is InChI=1S/C22H24FN5O6S/c1-14(29)24-12-16-13-27(22(31)34-16)15-3-4-18(17(23)11-15)25-7-2-8-26(10-9-25)21(30)19-5-6-20(35-19)28(32)33/h3-6,11,16H,2,7-10,12-13H2,1H3,(H,24,29)/t16-/m0/s1. The number of hydrogen-bond donors (Lipinski definition) is 1. The van der Waals surface area contributed by atoms with E-state index in [9.17, 15) is 24.5 Å². The zero-order valence-electron chi connectivity index (χ0n) is 18.9. The molecule has 3 amide bonds. The second kappa shape index (κ2) is 10.3. The number of carbonyl (C=O) groups is 3. The average Bonchev–Trinajstić information content (AvgIpc) is 3.38. The third-order valence-electron chi connectivity index (χ3n) is 5.80. The normalized spacial score (nSPS) is 18.3. The van der Waals surface area contributed by atoms with Crippen molar-refractivity contribution in [2.24, 2.45) is 0 Å². The number of hydrogen-bond acceptors (Lipinski definition) is 8. The van der Waals surface area contributed by atoms with E-state index in [-0.39, 0.29) is 29.9 Å². The number of rotatable bonds is 6. The molecule has 1 aromatic heterocycles. The van der Waals surface area contributed by atoms with Gasteiger partial charge < -0.3 is 19.9 Å². The van der Waals surface area contributed by atoms with Crippen molar-refractivity contribution in [3.05, 3.63) is 51.1 Å². The van der Waals surface area contributed by atoms with E-state index in [4.69, 9.17) is 4.74 Å². The molecule has 4 rings (SSSR count). The smallest absolute Gasteiger partial charge is 0.414 e. The maximum atomic E-state index is 15.1. The van der Waals surface area contributed by atoms with E-state index in [2.05, 4.69) is 5.32 Å². The van der Waals surface area contributed by atoms with Crippen LogP contribution in [0.15, 0.2) is 30.3 Å². The first-order chi connectivity index (χ1) is 16.7. The van der Waals surface area contributed by atoms with Gasteiger partial charge in [0, 0.05) is 39.2 Å². The summed E-state index contributed by atoms with van der Waals surface area (Å²) in [7, 11) is 0. The van der Waals surface area contributed by atoms with Crippen molar-refractivity contribution in [2.45, 2.75) is 19.4 Å². The third-order valence-corrected chi connectivity index (χ3v) is 6.83.